The lowest BCUT2D eigenvalue weighted by Crippen LogP contribution is -2.61. The molecule has 0 heterocycles. The molecule has 0 aromatic carbocycles. The minimum absolute atomic E-state index is 0.0646. The molecule has 3 aliphatic rings. The van der Waals surface area contributed by atoms with Gasteiger partial charge in [-0.1, -0.05) is 12.2 Å². The van der Waals surface area contributed by atoms with E-state index in [2.05, 4.69) is 63.6 Å². The van der Waals surface area contributed by atoms with Crippen molar-refractivity contribution in [3.63, 3.8) is 0 Å². The van der Waals surface area contributed by atoms with Crippen LogP contribution in [0.1, 0.15) is 12.8 Å². The monoisotopic (exact) mass is 334 g/mol. The van der Waals surface area contributed by atoms with Gasteiger partial charge in [-0.3, -0.25) is 0 Å². The SMILES string of the molecule is C[Si](C)(C)OC1(C#N)C[C@@H]2C=C[C@H]1CC2(C#N)O[Si](C)(C)C. The van der Waals surface area contributed by atoms with Gasteiger partial charge in [-0.15, -0.1) is 0 Å². The van der Waals surface area contributed by atoms with Crippen LogP contribution in [0, 0.1) is 34.5 Å². The number of hydrogen-bond acceptors (Lipinski definition) is 4. The smallest absolute Gasteiger partial charge is 0.185 e. The Labute approximate surface area is 136 Å². The molecule has 0 aromatic rings. The largest absolute Gasteiger partial charge is 0.399 e. The predicted molar refractivity (Wildman–Crippen MR) is 90.9 cm³/mol. The maximum absolute atomic E-state index is 9.80. The molecule has 120 valence electrons. The fraction of sp³-hybridized carbons (Fsp3) is 0.750. The summed E-state index contributed by atoms with van der Waals surface area (Å²) in [6.07, 6.45) is 5.27. The summed E-state index contributed by atoms with van der Waals surface area (Å²) in [5.41, 5.74) is -1.57. The molecule has 0 radical (unpaired) electrons. The van der Waals surface area contributed by atoms with Crippen molar-refractivity contribution in [3.8, 4) is 12.1 Å². The van der Waals surface area contributed by atoms with Crippen LogP contribution >= 0.6 is 0 Å². The van der Waals surface area contributed by atoms with Gasteiger partial charge >= 0.3 is 0 Å². The van der Waals surface area contributed by atoms with Crippen LogP contribution in [0.15, 0.2) is 12.2 Å². The van der Waals surface area contributed by atoms with Crippen LogP contribution in [-0.4, -0.2) is 27.8 Å². The van der Waals surface area contributed by atoms with Crippen molar-refractivity contribution in [2.24, 2.45) is 11.8 Å². The van der Waals surface area contributed by atoms with Crippen LogP contribution in [-0.2, 0) is 8.85 Å². The first kappa shape index (κ1) is 17.4. The second-order valence-electron chi connectivity index (χ2n) is 8.44. The van der Waals surface area contributed by atoms with Crippen molar-refractivity contribution in [2.75, 3.05) is 0 Å². The molecule has 0 N–H and O–H groups in total. The van der Waals surface area contributed by atoms with E-state index in [1.54, 1.807) is 0 Å². The van der Waals surface area contributed by atoms with E-state index in [1.165, 1.54) is 0 Å². The highest BCUT2D eigenvalue weighted by Crippen LogP contribution is 2.52. The Hall–Kier alpha value is -0.926. The van der Waals surface area contributed by atoms with Crippen LogP contribution in [0.25, 0.3) is 0 Å². The van der Waals surface area contributed by atoms with Crippen molar-refractivity contribution in [1.82, 2.24) is 0 Å². The van der Waals surface area contributed by atoms with E-state index in [0.717, 1.165) is 0 Å². The Kier molecular flexibility index (Phi) is 4.21. The van der Waals surface area contributed by atoms with Crippen molar-refractivity contribution < 1.29 is 8.85 Å². The van der Waals surface area contributed by atoms with Crippen molar-refractivity contribution in [3.05, 3.63) is 12.2 Å². The van der Waals surface area contributed by atoms with Crippen LogP contribution in [0.4, 0.5) is 0 Å². The van der Waals surface area contributed by atoms with Gasteiger partial charge < -0.3 is 8.85 Å². The van der Waals surface area contributed by atoms with Crippen molar-refractivity contribution in [2.45, 2.75) is 63.3 Å². The molecule has 2 unspecified atom stereocenters. The van der Waals surface area contributed by atoms with Gasteiger partial charge in [0.1, 0.15) is 0 Å². The molecule has 3 aliphatic carbocycles. The highest BCUT2D eigenvalue weighted by atomic mass is 28.4. The maximum Gasteiger partial charge on any atom is 0.185 e. The molecule has 0 amide bonds. The second-order valence-corrected chi connectivity index (χ2v) is 17.3. The normalized spacial score (nSPS) is 37.6. The summed E-state index contributed by atoms with van der Waals surface area (Å²) in [7, 11) is -3.70. The van der Waals surface area contributed by atoms with Gasteiger partial charge in [0.15, 0.2) is 27.8 Å². The highest BCUT2D eigenvalue weighted by molar-refractivity contribution is 6.70. The van der Waals surface area contributed by atoms with E-state index in [9.17, 15) is 10.5 Å². The summed E-state index contributed by atoms with van der Waals surface area (Å²) in [4.78, 5) is 0. The molecule has 0 aliphatic heterocycles. The number of nitriles is 2. The lowest BCUT2D eigenvalue weighted by molar-refractivity contribution is -0.0698. The van der Waals surface area contributed by atoms with Gasteiger partial charge in [-0.2, -0.15) is 10.5 Å². The van der Waals surface area contributed by atoms with Gasteiger partial charge in [0.2, 0.25) is 0 Å². The predicted octanol–water partition coefficient (Wildman–Crippen LogP) is 3.81. The van der Waals surface area contributed by atoms with E-state index in [0.29, 0.717) is 12.8 Å². The Balaban J connectivity index is 2.35. The number of hydrogen-bond donors (Lipinski definition) is 0. The molecule has 0 saturated heterocycles. The van der Waals surface area contributed by atoms with E-state index in [1.807, 2.05) is 0 Å². The van der Waals surface area contributed by atoms with Crippen LogP contribution in [0.3, 0.4) is 0 Å². The fourth-order valence-corrected chi connectivity index (χ4v) is 6.38. The molecule has 2 bridgehead atoms. The van der Waals surface area contributed by atoms with Gasteiger partial charge in [0.05, 0.1) is 12.1 Å². The molecule has 0 aromatic heterocycles. The first-order valence-electron chi connectivity index (χ1n) is 7.86. The summed E-state index contributed by atoms with van der Waals surface area (Å²) in [6, 6.07) is 4.88. The molecule has 4 atom stereocenters. The number of fused-ring (bicyclic) bond motifs is 2. The summed E-state index contributed by atoms with van der Waals surface area (Å²) >= 11 is 0. The first-order chi connectivity index (χ1) is 9.95. The zero-order valence-corrected chi connectivity index (χ0v) is 16.4. The maximum atomic E-state index is 9.80. The molecule has 6 heteroatoms. The third kappa shape index (κ3) is 3.21. The fourth-order valence-electron chi connectivity index (χ4n) is 3.63. The summed E-state index contributed by atoms with van der Waals surface area (Å²) in [5, 5.41) is 19.6. The van der Waals surface area contributed by atoms with Crippen molar-refractivity contribution in [1.29, 1.82) is 10.5 Å². The van der Waals surface area contributed by atoms with Gasteiger partial charge in [-0.25, -0.2) is 0 Å². The number of rotatable bonds is 4. The molecule has 4 nitrogen and oxygen atoms in total. The van der Waals surface area contributed by atoms with Crippen LogP contribution < -0.4 is 0 Å². The molecule has 1 saturated carbocycles. The molecule has 3 rings (SSSR count). The summed E-state index contributed by atoms with van der Waals surface area (Å²) in [6.45, 7) is 12.6. The van der Waals surface area contributed by atoms with Crippen LogP contribution in [0.2, 0.25) is 39.3 Å². The minimum atomic E-state index is -1.85. The zero-order chi connectivity index (χ0) is 16.8. The Morgan fingerprint density at radius 1 is 0.818 bits per heavy atom. The van der Waals surface area contributed by atoms with E-state index in [4.69, 9.17) is 8.85 Å². The highest BCUT2D eigenvalue weighted by Gasteiger charge is 2.59. The molecule has 0 spiro atoms. The second kappa shape index (κ2) is 5.31. The zero-order valence-electron chi connectivity index (χ0n) is 14.4. The quantitative estimate of drug-likeness (QED) is 0.579. The Morgan fingerprint density at radius 3 is 1.32 bits per heavy atom. The standard InChI is InChI=1S/C16H26N2O2Si2/c1-21(2,3)19-15(11-17)9-14-8-7-13(15)10-16(14,12-18)20-22(4,5)6/h7-8,13-14H,9-10H2,1-6H3/t13-,14-,15?,16?/m0/s1. The van der Waals surface area contributed by atoms with Crippen LogP contribution in [0.5, 0.6) is 0 Å². The lowest BCUT2D eigenvalue weighted by atomic mass is 9.60. The van der Waals surface area contributed by atoms with Gasteiger partial charge in [-0.05, 0) is 52.1 Å². The molecular weight excluding hydrogens is 308 g/mol. The topological polar surface area (TPSA) is 66.0 Å². The average molecular weight is 335 g/mol. The molecule has 22 heavy (non-hydrogen) atoms. The molecular formula is C16H26N2O2Si2. The average Bonchev–Trinajstić information content (AvgIpc) is 2.36. The first-order valence-corrected chi connectivity index (χ1v) is 14.7. The number of nitrogens with zero attached hydrogens (tertiary/aromatic N) is 2. The van der Waals surface area contributed by atoms with E-state index in [-0.39, 0.29) is 11.8 Å². The van der Waals surface area contributed by atoms with Gasteiger partial charge in [0.25, 0.3) is 0 Å². The lowest BCUT2D eigenvalue weighted by Gasteiger charge is -2.54. The third-order valence-electron chi connectivity index (χ3n) is 4.18. The summed E-state index contributed by atoms with van der Waals surface area (Å²) < 4.78 is 12.6. The van der Waals surface area contributed by atoms with Gasteiger partial charge in [0, 0.05) is 11.8 Å². The molecule has 1 fully saturated rings. The Morgan fingerprint density at radius 2 is 1.14 bits per heavy atom. The van der Waals surface area contributed by atoms with E-state index >= 15 is 0 Å². The summed E-state index contributed by atoms with van der Waals surface area (Å²) in [5.74, 6) is -0.129. The van der Waals surface area contributed by atoms with Crippen molar-refractivity contribution >= 4 is 16.6 Å². The van der Waals surface area contributed by atoms with E-state index < -0.39 is 27.8 Å². The third-order valence-corrected chi connectivity index (χ3v) is 6.13. The minimum Gasteiger partial charge on any atom is -0.399 e. The Bertz CT molecular complexity index is 515.